The molecule has 1 aromatic heterocycles. The number of nitrogens with zero attached hydrogens (tertiary/aromatic N) is 2. The highest BCUT2D eigenvalue weighted by molar-refractivity contribution is 5.95. The fourth-order valence-electron chi connectivity index (χ4n) is 2.88. The third-order valence-corrected chi connectivity index (χ3v) is 4.53. The van der Waals surface area contributed by atoms with E-state index in [1.54, 1.807) is 10.9 Å². The van der Waals surface area contributed by atoms with Crippen LogP contribution in [0.4, 0.5) is 0 Å². The van der Waals surface area contributed by atoms with Gasteiger partial charge in [-0.1, -0.05) is 26.7 Å². The zero-order valence-electron chi connectivity index (χ0n) is 14.3. The van der Waals surface area contributed by atoms with E-state index in [0.29, 0.717) is 11.5 Å². The third-order valence-electron chi connectivity index (χ3n) is 4.53. The minimum absolute atomic E-state index is 0.0324. The minimum atomic E-state index is -0.0324. The van der Waals surface area contributed by atoms with Crippen molar-refractivity contribution in [2.45, 2.75) is 65.0 Å². The van der Waals surface area contributed by atoms with Gasteiger partial charge in [-0.2, -0.15) is 5.10 Å². The molecule has 1 aliphatic carbocycles. The molecular formula is C17H29N3O2. The van der Waals surface area contributed by atoms with Crippen LogP contribution in [-0.2, 0) is 11.8 Å². The van der Waals surface area contributed by atoms with E-state index in [4.69, 9.17) is 4.74 Å². The lowest BCUT2D eigenvalue weighted by Gasteiger charge is -2.32. The molecule has 0 radical (unpaired) electrons. The van der Waals surface area contributed by atoms with Crippen LogP contribution in [0, 0.1) is 12.8 Å². The van der Waals surface area contributed by atoms with E-state index in [9.17, 15) is 4.79 Å². The van der Waals surface area contributed by atoms with Gasteiger partial charge in [0.2, 0.25) is 0 Å². The molecule has 0 aliphatic heterocycles. The summed E-state index contributed by atoms with van der Waals surface area (Å²) in [6, 6.07) is 0.119. The Morgan fingerprint density at radius 3 is 2.82 bits per heavy atom. The van der Waals surface area contributed by atoms with Crippen molar-refractivity contribution in [1.29, 1.82) is 0 Å². The van der Waals surface area contributed by atoms with Gasteiger partial charge in [-0.25, -0.2) is 0 Å². The Morgan fingerprint density at radius 2 is 2.18 bits per heavy atom. The van der Waals surface area contributed by atoms with Gasteiger partial charge in [0.1, 0.15) is 0 Å². The highest BCUT2D eigenvalue weighted by Gasteiger charge is 2.28. The van der Waals surface area contributed by atoms with Crippen molar-refractivity contribution in [3.8, 4) is 0 Å². The molecule has 124 valence electrons. The van der Waals surface area contributed by atoms with Crippen molar-refractivity contribution in [1.82, 2.24) is 15.1 Å². The number of amides is 1. The van der Waals surface area contributed by atoms with Gasteiger partial charge >= 0.3 is 0 Å². The first-order valence-electron chi connectivity index (χ1n) is 8.40. The topological polar surface area (TPSA) is 56.1 Å². The summed E-state index contributed by atoms with van der Waals surface area (Å²) < 4.78 is 7.77. The van der Waals surface area contributed by atoms with Crippen LogP contribution in [0.1, 0.15) is 62.0 Å². The average Bonchev–Trinajstić information content (AvgIpc) is 2.80. The van der Waals surface area contributed by atoms with E-state index in [1.807, 2.05) is 14.0 Å². The Hall–Kier alpha value is -1.36. The summed E-state index contributed by atoms with van der Waals surface area (Å²) in [5, 5.41) is 7.30. The maximum atomic E-state index is 12.5. The van der Waals surface area contributed by atoms with Gasteiger partial charge in [-0.3, -0.25) is 9.48 Å². The van der Waals surface area contributed by atoms with Crippen LogP contribution in [0.25, 0.3) is 0 Å². The van der Waals surface area contributed by atoms with Crippen LogP contribution in [0.2, 0.25) is 0 Å². The number of carbonyl (C=O) groups excluding carboxylic acids is 1. The number of aromatic nitrogens is 2. The van der Waals surface area contributed by atoms with Crippen molar-refractivity contribution < 1.29 is 9.53 Å². The standard InChI is InChI=1S/C17H29N3O2/c1-12(2)9-10-22-16-8-6-5-7-15(16)19-17(21)14-11-18-20(4)13(14)3/h11-12,15-16H,5-10H2,1-4H3,(H,19,21)/t15-,16+/m1/s1. The van der Waals surface area contributed by atoms with Crippen LogP contribution in [-0.4, -0.2) is 34.4 Å². The Morgan fingerprint density at radius 1 is 1.45 bits per heavy atom. The molecule has 0 aromatic carbocycles. The largest absolute Gasteiger partial charge is 0.376 e. The fraction of sp³-hybridized carbons (Fsp3) is 0.765. The van der Waals surface area contributed by atoms with E-state index < -0.39 is 0 Å². The number of hydrogen-bond donors (Lipinski definition) is 1. The maximum Gasteiger partial charge on any atom is 0.255 e. The molecule has 5 nitrogen and oxygen atoms in total. The second kappa shape index (κ2) is 7.77. The molecule has 22 heavy (non-hydrogen) atoms. The molecule has 0 spiro atoms. The molecule has 1 aliphatic rings. The minimum Gasteiger partial charge on any atom is -0.376 e. The lowest BCUT2D eigenvalue weighted by molar-refractivity contribution is 0.00121. The predicted octanol–water partition coefficient (Wildman–Crippen LogP) is 2.83. The van der Waals surface area contributed by atoms with E-state index in [-0.39, 0.29) is 18.1 Å². The summed E-state index contributed by atoms with van der Waals surface area (Å²) in [5.74, 6) is 0.615. The highest BCUT2D eigenvalue weighted by atomic mass is 16.5. The Balaban J connectivity index is 1.93. The molecule has 1 aromatic rings. The summed E-state index contributed by atoms with van der Waals surface area (Å²) in [6.45, 7) is 7.10. The summed E-state index contributed by atoms with van der Waals surface area (Å²) in [7, 11) is 1.85. The molecular weight excluding hydrogens is 278 g/mol. The molecule has 0 unspecified atom stereocenters. The number of rotatable bonds is 6. The summed E-state index contributed by atoms with van der Waals surface area (Å²) >= 11 is 0. The Kier molecular flexibility index (Phi) is 6.00. The molecule has 0 saturated heterocycles. The van der Waals surface area contributed by atoms with E-state index in [2.05, 4.69) is 24.3 Å². The van der Waals surface area contributed by atoms with Gasteiger partial charge in [-0.05, 0) is 32.1 Å². The fourth-order valence-corrected chi connectivity index (χ4v) is 2.88. The van der Waals surface area contributed by atoms with Gasteiger partial charge in [0, 0.05) is 19.3 Å². The molecule has 2 rings (SSSR count). The van der Waals surface area contributed by atoms with Crippen LogP contribution >= 0.6 is 0 Å². The van der Waals surface area contributed by atoms with Crippen LogP contribution < -0.4 is 5.32 Å². The number of hydrogen-bond acceptors (Lipinski definition) is 3. The zero-order chi connectivity index (χ0) is 16.1. The normalized spacial score (nSPS) is 22.0. The maximum absolute atomic E-state index is 12.5. The highest BCUT2D eigenvalue weighted by Crippen LogP contribution is 2.22. The molecule has 2 atom stereocenters. The van der Waals surface area contributed by atoms with Gasteiger partial charge in [0.15, 0.2) is 0 Å². The van der Waals surface area contributed by atoms with Gasteiger partial charge in [0.05, 0.1) is 23.9 Å². The van der Waals surface area contributed by atoms with Crippen molar-refractivity contribution in [3.05, 3.63) is 17.5 Å². The first kappa shape index (κ1) is 17.0. The van der Waals surface area contributed by atoms with Crippen molar-refractivity contribution in [3.63, 3.8) is 0 Å². The van der Waals surface area contributed by atoms with Crippen LogP contribution in [0.5, 0.6) is 0 Å². The van der Waals surface area contributed by atoms with Gasteiger partial charge < -0.3 is 10.1 Å². The third kappa shape index (κ3) is 4.32. The van der Waals surface area contributed by atoms with Crippen LogP contribution in [0.3, 0.4) is 0 Å². The van der Waals surface area contributed by atoms with Crippen molar-refractivity contribution in [2.75, 3.05) is 6.61 Å². The molecule has 1 saturated carbocycles. The molecule has 1 fully saturated rings. The number of carbonyl (C=O) groups is 1. The lowest BCUT2D eigenvalue weighted by Crippen LogP contribution is -2.46. The Bertz CT molecular complexity index is 496. The van der Waals surface area contributed by atoms with E-state index in [0.717, 1.165) is 38.0 Å². The molecule has 5 heteroatoms. The molecule has 0 bridgehead atoms. The number of nitrogens with one attached hydrogen (secondary N) is 1. The van der Waals surface area contributed by atoms with Crippen molar-refractivity contribution >= 4 is 5.91 Å². The monoisotopic (exact) mass is 307 g/mol. The number of ether oxygens (including phenoxy) is 1. The SMILES string of the molecule is Cc1c(C(=O)N[C@@H]2CCCC[C@@H]2OCCC(C)C)cnn1C. The quantitative estimate of drug-likeness (QED) is 0.879. The predicted molar refractivity (Wildman–Crippen MR) is 86.9 cm³/mol. The Labute approximate surface area is 133 Å². The molecule has 1 N–H and O–H groups in total. The first-order valence-corrected chi connectivity index (χ1v) is 8.40. The van der Waals surface area contributed by atoms with E-state index >= 15 is 0 Å². The van der Waals surface area contributed by atoms with Crippen molar-refractivity contribution in [2.24, 2.45) is 13.0 Å². The summed E-state index contributed by atoms with van der Waals surface area (Å²) in [6.07, 6.45) is 7.23. The second-order valence-corrected chi connectivity index (χ2v) is 6.72. The first-order chi connectivity index (χ1) is 10.5. The van der Waals surface area contributed by atoms with E-state index in [1.165, 1.54) is 6.42 Å². The number of aryl methyl sites for hydroxylation is 1. The zero-order valence-corrected chi connectivity index (χ0v) is 14.3. The average molecular weight is 307 g/mol. The summed E-state index contributed by atoms with van der Waals surface area (Å²) in [4.78, 5) is 12.5. The molecule has 1 heterocycles. The van der Waals surface area contributed by atoms with Crippen LogP contribution in [0.15, 0.2) is 6.20 Å². The second-order valence-electron chi connectivity index (χ2n) is 6.72. The van der Waals surface area contributed by atoms with Gasteiger partial charge in [-0.15, -0.1) is 0 Å². The van der Waals surface area contributed by atoms with Gasteiger partial charge in [0.25, 0.3) is 5.91 Å². The lowest BCUT2D eigenvalue weighted by atomic mass is 9.92. The smallest absolute Gasteiger partial charge is 0.255 e. The summed E-state index contributed by atoms with van der Waals surface area (Å²) in [5.41, 5.74) is 1.56. The molecule has 1 amide bonds.